The summed E-state index contributed by atoms with van der Waals surface area (Å²) < 4.78 is 14.0. The molecule has 0 aliphatic carbocycles. The van der Waals surface area contributed by atoms with Gasteiger partial charge in [-0.3, -0.25) is 0 Å². The van der Waals surface area contributed by atoms with E-state index in [1.54, 1.807) is 7.11 Å². The van der Waals surface area contributed by atoms with Crippen molar-refractivity contribution < 1.29 is 9.29 Å². The van der Waals surface area contributed by atoms with Crippen molar-refractivity contribution in [3.8, 4) is 5.75 Å². The minimum Gasteiger partial charge on any atom is -0.497 e. The standard InChI is InChI=1S/C17H27NO2S/c1-17(2,3)11-10-16(18-12-5-13-21-19)14-6-8-15(20-4)9-7-14/h6-11,16,18-19H,5,12-13H2,1-4H3/b11-10+. The van der Waals surface area contributed by atoms with E-state index in [0.717, 1.165) is 36.5 Å². The van der Waals surface area contributed by atoms with Crippen LogP contribution in [0.3, 0.4) is 0 Å². The molecule has 0 spiro atoms. The quantitative estimate of drug-likeness (QED) is 0.421. The monoisotopic (exact) mass is 309 g/mol. The van der Waals surface area contributed by atoms with E-state index in [4.69, 9.17) is 9.29 Å². The second-order valence-corrected chi connectivity index (χ2v) is 6.78. The third-order valence-electron chi connectivity index (χ3n) is 3.04. The van der Waals surface area contributed by atoms with Crippen molar-refractivity contribution in [1.29, 1.82) is 0 Å². The molecule has 1 rings (SSSR count). The first-order valence-corrected chi connectivity index (χ1v) is 8.23. The molecule has 1 atom stereocenters. The summed E-state index contributed by atoms with van der Waals surface area (Å²) in [4.78, 5) is 0. The van der Waals surface area contributed by atoms with Crippen LogP contribution in [0.1, 0.15) is 38.8 Å². The molecule has 0 amide bonds. The van der Waals surface area contributed by atoms with Gasteiger partial charge >= 0.3 is 0 Å². The second-order valence-electron chi connectivity index (χ2n) is 6.12. The molecule has 1 unspecified atom stereocenters. The van der Waals surface area contributed by atoms with Crippen molar-refractivity contribution in [2.24, 2.45) is 5.41 Å². The van der Waals surface area contributed by atoms with Crippen molar-refractivity contribution in [1.82, 2.24) is 5.32 Å². The SMILES string of the molecule is COc1ccc(C(/C=C/C(C)(C)C)NCCCSO)cc1. The maximum atomic E-state index is 8.78. The fraction of sp³-hybridized carbons (Fsp3) is 0.529. The number of hydrogen-bond donors (Lipinski definition) is 2. The molecule has 2 N–H and O–H groups in total. The fourth-order valence-corrected chi connectivity index (χ4v) is 2.16. The van der Waals surface area contributed by atoms with Gasteiger partial charge in [0.05, 0.1) is 13.2 Å². The maximum absolute atomic E-state index is 8.78. The van der Waals surface area contributed by atoms with E-state index in [1.807, 2.05) is 12.1 Å². The lowest BCUT2D eigenvalue weighted by Crippen LogP contribution is -2.21. The van der Waals surface area contributed by atoms with Crippen molar-refractivity contribution in [2.45, 2.75) is 33.2 Å². The average Bonchev–Trinajstić information content (AvgIpc) is 2.46. The highest BCUT2D eigenvalue weighted by Crippen LogP contribution is 2.22. The maximum Gasteiger partial charge on any atom is 0.118 e. The summed E-state index contributed by atoms with van der Waals surface area (Å²) in [6.07, 6.45) is 5.39. The van der Waals surface area contributed by atoms with Crippen LogP contribution in [0.25, 0.3) is 0 Å². The fourth-order valence-electron chi connectivity index (χ4n) is 1.89. The second kappa shape index (κ2) is 9.13. The normalized spacial score (nSPS) is 13.6. The van der Waals surface area contributed by atoms with Crippen molar-refractivity contribution in [3.05, 3.63) is 42.0 Å². The number of allylic oxidation sites excluding steroid dienone is 1. The predicted octanol–water partition coefficient (Wildman–Crippen LogP) is 4.52. The third kappa shape index (κ3) is 7.55. The molecule has 0 aliphatic heterocycles. The molecule has 1 aromatic rings. The molecule has 21 heavy (non-hydrogen) atoms. The van der Waals surface area contributed by atoms with Crippen LogP contribution in [0.15, 0.2) is 36.4 Å². The summed E-state index contributed by atoms with van der Waals surface area (Å²) in [5.41, 5.74) is 1.38. The van der Waals surface area contributed by atoms with E-state index in [2.05, 4.69) is 50.4 Å². The summed E-state index contributed by atoms with van der Waals surface area (Å²) in [5, 5.41) is 3.53. The Balaban J connectivity index is 2.76. The first kappa shape index (κ1) is 18.1. The predicted molar refractivity (Wildman–Crippen MR) is 92.0 cm³/mol. The van der Waals surface area contributed by atoms with Gasteiger partial charge in [-0.2, -0.15) is 0 Å². The molecule has 4 heteroatoms. The zero-order valence-corrected chi connectivity index (χ0v) is 14.2. The summed E-state index contributed by atoms with van der Waals surface area (Å²) in [6, 6.07) is 8.32. The third-order valence-corrected chi connectivity index (χ3v) is 3.51. The van der Waals surface area contributed by atoms with Crippen LogP contribution in [0, 0.1) is 5.41 Å². The van der Waals surface area contributed by atoms with Gasteiger partial charge in [0.2, 0.25) is 0 Å². The van der Waals surface area contributed by atoms with Gasteiger partial charge in [0.15, 0.2) is 0 Å². The summed E-state index contributed by atoms with van der Waals surface area (Å²) in [6.45, 7) is 7.45. The van der Waals surface area contributed by atoms with Gasteiger partial charge in [0.1, 0.15) is 5.75 Å². The van der Waals surface area contributed by atoms with Crippen LogP contribution >= 0.6 is 12.0 Å². The van der Waals surface area contributed by atoms with E-state index in [9.17, 15) is 0 Å². The molecule has 0 fully saturated rings. The molecule has 0 aliphatic rings. The Morgan fingerprint density at radius 2 is 1.95 bits per heavy atom. The molecule has 0 heterocycles. The highest BCUT2D eigenvalue weighted by Gasteiger charge is 2.10. The van der Waals surface area contributed by atoms with E-state index in [-0.39, 0.29) is 11.5 Å². The lowest BCUT2D eigenvalue weighted by atomic mass is 9.94. The van der Waals surface area contributed by atoms with Gasteiger partial charge in [-0.15, -0.1) is 0 Å². The zero-order valence-electron chi connectivity index (χ0n) is 13.4. The van der Waals surface area contributed by atoms with Crippen LogP contribution in [-0.4, -0.2) is 24.0 Å². The minimum absolute atomic E-state index is 0.160. The Hall–Kier alpha value is -0.970. The van der Waals surface area contributed by atoms with Crippen LogP contribution in [0.5, 0.6) is 5.75 Å². The van der Waals surface area contributed by atoms with Gasteiger partial charge in [-0.25, -0.2) is 0 Å². The van der Waals surface area contributed by atoms with E-state index >= 15 is 0 Å². The highest BCUT2D eigenvalue weighted by atomic mass is 32.2. The molecule has 0 saturated heterocycles. The summed E-state index contributed by atoms with van der Waals surface area (Å²) >= 11 is 0.897. The molecular formula is C17H27NO2S. The number of hydrogen-bond acceptors (Lipinski definition) is 4. The molecule has 1 aromatic carbocycles. The minimum atomic E-state index is 0.160. The first-order chi connectivity index (χ1) is 9.96. The van der Waals surface area contributed by atoms with Crippen LogP contribution in [0.2, 0.25) is 0 Å². The zero-order chi connectivity index (χ0) is 15.7. The number of ether oxygens (including phenoxy) is 1. The van der Waals surface area contributed by atoms with E-state index < -0.39 is 0 Å². The average molecular weight is 309 g/mol. The number of rotatable bonds is 8. The van der Waals surface area contributed by atoms with Crippen molar-refractivity contribution >= 4 is 12.0 Å². The van der Waals surface area contributed by atoms with Gasteiger partial charge in [0.25, 0.3) is 0 Å². The van der Waals surface area contributed by atoms with Crippen LogP contribution < -0.4 is 10.1 Å². The molecule has 0 radical (unpaired) electrons. The summed E-state index contributed by atoms with van der Waals surface area (Å²) in [5.74, 6) is 1.62. The highest BCUT2D eigenvalue weighted by molar-refractivity contribution is 7.93. The number of nitrogens with one attached hydrogen (secondary N) is 1. The van der Waals surface area contributed by atoms with Crippen molar-refractivity contribution in [3.63, 3.8) is 0 Å². The number of methoxy groups -OCH3 is 1. The molecule has 0 bridgehead atoms. The summed E-state index contributed by atoms with van der Waals surface area (Å²) in [7, 11) is 1.68. The largest absolute Gasteiger partial charge is 0.497 e. The van der Waals surface area contributed by atoms with Gasteiger partial charge in [-0.1, -0.05) is 45.1 Å². The number of benzene rings is 1. The first-order valence-electron chi connectivity index (χ1n) is 7.29. The lowest BCUT2D eigenvalue weighted by molar-refractivity contribution is 0.414. The molecular weight excluding hydrogens is 282 g/mol. The Bertz CT molecular complexity index is 423. The van der Waals surface area contributed by atoms with Gasteiger partial charge in [-0.05, 0) is 48.1 Å². The molecule has 0 saturated carbocycles. The Labute approximate surface area is 133 Å². The smallest absolute Gasteiger partial charge is 0.118 e. The lowest BCUT2D eigenvalue weighted by Gasteiger charge is -2.19. The van der Waals surface area contributed by atoms with Gasteiger partial charge < -0.3 is 14.6 Å². The molecule has 118 valence electrons. The van der Waals surface area contributed by atoms with Crippen molar-refractivity contribution in [2.75, 3.05) is 19.4 Å². The van der Waals surface area contributed by atoms with Crippen LogP contribution in [-0.2, 0) is 0 Å². The van der Waals surface area contributed by atoms with E-state index in [0.29, 0.717) is 0 Å². The Kier molecular flexibility index (Phi) is 7.86. The van der Waals surface area contributed by atoms with E-state index in [1.165, 1.54) is 5.56 Å². The Morgan fingerprint density at radius 3 is 2.48 bits per heavy atom. The van der Waals surface area contributed by atoms with Gasteiger partial charge in [0, 0.05) is 5.75 Å². The topological polar surface area (TPSA) is 41.5 Å². The van der Waals surface area contributed by atoms with Crippen LogP contribution in [0.4, 0.5) is 0 Å². The molecule has 3 nitrogen and oxygen atoms in total. The Morgan fingerprint density at radius 1 is 1.29 bits per heavy atom. The molecule has 0 aromatic heterocycles.